The van der Waals surface area contributed by atoms with E-state index < -0.39 is 4.92 Å². The third-order valence-corrected chi connectivity index (χ3v) is 0.979. The minimum absolute atomic E-state index is 0.194. The van der Waals surface area contributed by atoms with Crippen LogP contribution in [-0.4, -0.2) is 24.4 Å². The highest BCUT2D eigenvalue weighted by molar-refractivity contribution is 6.40. The fourth-order valence-electron chi connectivity index (χ4n) is 0.557. The molecule has 0 spiro atoms. The summed E-state index contributed by atoms with van der Waals surface area (Å²) in [5.74, 6) is 0.910. The molecule has 0 heterocycles. The van der Waals surface area contributed by atoms with Crippen LogP contribution in [0, 0.1) is 10.1 Å². The zero-order valence-electron chi connectivity index (χ0n) is 8.52. The summed E-state index contributed by atoms with van der Waals surface area (Å²) in [5, 5.41) is 9.00. The topological polar surface area (TPSA) is 52.4 Å². The molecule has 0 fully saturated rings. The first-order chi connectivity index (χ1) is 7.08. The van der Waals surface area contributed by atoms with Crippen LogP contribution in [0.4, 0.5) is 0 Å². The van der Waals surface area contributed by atoms with E-state index in [4.69, 9.17) is 38.1 Å². The molecule has 0 saturated heterocycles. The molecular weight excluding hydrogens is 241 g/mol. The van der Waals surface area contributed by atoms with Crippen molar-refractivity contribution >= 4 is 23.2 Å². The molecule has 1 rings (SSSR count). The molecule has 0 atom stereocenters. The summed E-state index contributed by atoms with van der Waals surface area (Å²) < 4.78 is 4.91. The highest BCUT2D eigenvalue weighted by atomic mass is 35.5. The Kier molecular flexibility index (Phi) is 14.2. The van der Waals surface area contributed by atoms with E-state index in [9.17, 15) is 0 Å². The smallest absolute Gasteiger partial charge is 0.194 e. The van der Waals surface area contributed by atoms with Crippen molar-refractivity contribution in [2.24, 2.45) is 0 Å². The maximum atomic E-state index is 8.81. The van der Waals surface area contributed by atoms with E-state index >= 15 is 0 Å². The molecule has 0 aliphatic rings. The predicted molar refractivity (Wildman–Crippen MR) is 62.5 cm³/mol. The SMILES string of the molecule is COc1ccccc1.C[N+](=O)[O-].ClCCl. The van der Waals surface area contributed by atoms with Crippen molar-refractivity contribution < 1.29 is 9.66 Å². The fourth-order valence-corrected chi connectivity index (χ4v) is 0.557. The zero-order valence-corrected chi connectivity index (χ0v) is 10.0. The van der Waals surface area contributed by atoms with Gasteiger partial charge in [0, 0.05) is 4.92 Å². The average molecular weight is 254 g/mol. The quantitative estimate of drug-likeness (QED) is 0.439. The third-order valence-electron chi connectivity index (χ3n) is 0.979. The van der Waals surface area contributed by atoms with Gasteiger partial charge in [-0.05, 0) is 12.1 Å². The minimum Gasteiger partial charge on any atom is -0.497 e. The van der Waals surface area contributed by atoms with Gasteiger partial charge in [-0.25, -0.2) is 0 Å². The lowest BCUT2D eigenvalue weighted by Crippen LogP contribution is -1.79. The number of hydrogen-bond donors (Lipinski definition) is 0. The molecule has 0 radical (unpaired) electrons. The van der Waals surface area contributed by atoms with Gasteiger partial charge in [-0.3, -0.25) is 10.1 Å². The first kappa shape index (κ1) is 16.4. The van der Waals surface area contributed by atoms with E-state index in [1.54, 1.807) is 7.11 Å². The molecule has 4 nitrogen and oxygen atoms in total. The first-order valence-electron chi connectivity index (χ1n) is 3.87. The second kappa shape index (κ2) is 13.0. The summed E-state index contributed by atoms with van der Waals surface area (Å²) >= 11 is 9.53. The minimum atomic E-state index is -0.500. The van der Waals surface area contributed by atoms with E-state index in [0.717, 1.165) is 12.8 Å². The summed E-state index contributed by atoms with van der Waals surface area (Å²) in [6.45, 7) is 0. The Hall–Kier alpha value is -1.00. The summed E-state index contributed by atoms with van der Waals surface area (Å²) in [7, 11) is 2.55. The van der Waals surface area contributed by atoms with Crippen LogP contribution < -0.4 is 4.74 Å². The normalized spacial score (nSPS) is 7.47. The van der Waals surface area contributed by atoms with Gasteiger partial charge in [0.15, 0.2) is 7.05 Å². The zero-order chi connectivity index (χ0) is 12.1. The Morgan fingerprint density at radius 1 is 1.33 bits per heavy atom. The Morgan fingerprint density at radius 3 is 1.87 bits per heavy atom. The van der Waals surface area contributed by atoms with Crippen molar-refractivity contribution in [2.75, 3.05) is 19.5 Å². The van der Waals surface area contributed by atoms with Crippen molar-refractivity contribution in [1.82, 2.24) is 0 Å². The number of halogens is 2. The van der Waals surface area contributed by atoms with Crippen LogP contribution in [0.1, 0.15) is 0 Å². The standard InChI is InChI=1S/C7H8O.CH2Cl2.CH3NO2/c1-8-7-5-3-2-4-6-7;2-1-3;1-2(3)4/h2-6H,1H3;1H2;1H3. The lowest BCUT2D eigenvalue weighted by Gasteiger charge is -1.93. The van der Waals surface area contributed by atoms with E-state index in [1.807, 2.05) is 30.3 Å². The van der Waals surface area contributed by atoms with Crippen LogP contribution in [0.5, 0.6) is 5.75 Å². The van der Waals surface area contributed by atoms with E-state index in [2.05, 4.69) is 0 Å². The molecule has 6 heteroatoms. The third kappa shape index (κ3) is 19.4. The highest BCUT2D eigenvalue weighted by Gasteiger charge is 1.80. The van der Waals surface area contributed by atoms with Gasteiger partial charge in [0.1, 0.15) is 5.75 Å². The molecule has 0 saturated carbocycles. The second-order valence-electron chi connectivity index (χ2n) is 2.06. The molecule has 1 aromatic carbocycles. The number of alkyl halides is 2. The number of para-hydroxylation sites is 1. The maximum absolute atomic E-state index is 8.81. The molecule has 0 bridgehead atoms. The molecule has 0 aliphatic heterocycles. The van der Waals surface area contributed by atoms with Crippen molar-refractivity contribution in [1.29, 1.82) is 0 Å². The summed E-state index contributed by atoms with van der Waals surface area (Å²) in [5.41, 5.74) is 0. The highest BCUT2D eigenvalue weighted by Crippen LogP contribution is 2.05. The molecule has 0 aliphatic carbocycles. The van der Waals surface area contributed by atoms with Gasteiger partial charge in [0.05, 0.1) is 12.4 Å². The van der Waals surface area contributed by atoms with Gasteiger partial charge in [-0.1, -0.05) is 18.2 Å². The molecular formula is C9H13Cl2NO3. The number of nitro groups is 1. The number of nitrogens with zero attached hydrogens (tertiary/aromatic N) is 1. The molecule has 86 valence electrons. The van der Waals surface area contributed by atoms with Crippen LogP contribution in [0.2, 0.25) is 0 Å². The molecule has 0 aromatic heterocycles. The Bertz CT molecular complexity index is 240. The predicted octanol–water partition coefficient (Wildman–Crippen LogP) is 3.01. The molecule has 0 unspecified atom stereocenters. The van der Waals surface area contributed by atoms with Crippen LogP contribution >= 0.6 is 23.2 Å². The monoisotopic (exact) mass is 253 g/mol. The van der Waals surface area contributed by atoms with Crippen LogP contribution in [-0.2, 0) is 0 Å². The number of ether oxygens (including phenoxy) is 1. The van der Waals surface area contributed by atoms with Crippen LogP contribution in [0.25, 0.3) is 0 Å². The lowest BCUT2D eigenvalue weighted by molar-refractivity contribution is -0.445. The molecule has 0 amide bonds. The second-order valence-corrected chi connectivity index (χ2v) is 2.87. The summed E-state index contributed by atoms with van der Waals surface area (Å²) in [4.78, 5) is 8.31. The van der Waals surface area contributed by atoms with Crippen molar-refractivity contribution in [3.63, 3.8) is 0 Å². The molecule has 1 aromatic rings. The lowest BCUT2D eigenvalue weighted by atomic mass is 10.3. The Labute approximate surface area is 98.9 Å². The van der Waals surface area contributed by atoms with Crippen LogP contribution in [0.15, 0.2) is 30.3 Å². The number of hydrogen-bond acceptors (Lipinski definition) is 3. The number of rotatable bonds is 1. The van der Waals surface area contributed by atoms with E-state index in [-0.39, 0.29) is 5.34 Å². The fraction of sp³-hybridized carbons (Fsp3) is 0.333. The summed E-state index contributed by atoms with van der Waals surface area (Å²) in [6, 6.07) is 9.68. The number of methoxy groups -OCH3 is 1. The van der Waals surface area contributed by atoms with Gasteiger partial charge in [0.25, 0.3) is 0 Å². The van der Waals surface area contributed by atoms with E-state index in [1.165, 1.54) is 0 Å². The number of benzene rings is 1. The van der Waals surface area contributed by atoms with Crippen LogP contribution in [0.3, 0.4) is 0 Å². The first-order valence-corrected chi connectivity index (χ1v) is 4.94. The maximum Gasteiger partial charge on any atom is 0.194 e. The van der Waals surface area contributed by atoms with Crippen molar-refractivity contribution in [3.05, 3.63) is 40.4 Å². The molecule has 15 heavy (non-hydrogen) atoms. The van der Waals surface area contributed by atoms with Crippen molar-refractivity contribution in [3.8, 4) is 5.75 Å². The Morgan fingerprint density at radius 2 is 1.67 bits per heavy atom. The molecule has 0 N–H and O–H groups in total. The van der Waals surface area contributed by atoms with E-state index in [0.29, 0.717) is 0 Å². The van der Waals surface area contributed by atoms with Gasteiger partial charge >= 0.3 is 0 Å². The Balaban J connectivity index is 0. The largest absolute Gasteiger partial charge is 0.497 e. The van der Waals surface area contributed by atoms with Gasteiger partial charge in [-0.2, -0.15) is 0 Å². The summed E-state index contributed by atoms with van der Waals surface area (Å²) in [6.07, 6.45) is 0. The van der Waals surface area contributed by atoms with Gasteiger partial charge in [-0.15, -0.1) is 23.2 Å². The van der Waals surface area contributed by atoms with Gasteiger partial charge in [0.2, 0.25) is 0 Å². The average Bonchev–Trinajstić information content (AvgIpc) is 2.19. The van der Waals surface area contributed by atoms with Crippen molar-refractivity contribution in [2.45, 2.75) is 0 Å². The van der Waals surface area contributed by atoms with Gasteiger partial charge < -0.3 is 4.74 Å².